The summed E-state index contributed by atoms with van der Waals surface area (Å²) in [6.07, 6.45) is 6.56. The third-order valence-corrected chi connectivity index (χ3v) is 10.0. The Morgan fingerprint density at radius 1 is 1.07 bits per heavy atom. The molecular weight excluding hydrogens is 531 g/mol. The smallest absolute Gasteiger partial charge is 0.243 e. The van der Waals surface area contributed by atoms with E-state index in [1.54, 1.807) is 47.2 Å². The molecule has 0 amide bonds. The van der Waals surface area contributed by atoms with E-state index < -0.39 is 15.6 Å². The molecule has 1 unspecified atom stereocenters. The zero-order valence-electron chi connectivity index (χ0n) is 22.4. The first kappa shape index (κ1) is 26.8. The minimum absolute atomic E-state index is 0.201. The standard InChI is InChI=1S/C29H33FN6O3S/c1-21-3-2-15-34(21)20-29(37)12-17-35(18-13-29)40(38,39)25-8-6-24(7-9-25)32-28-31-14-10-27(33-28)36-16-11-22-4-5-23(30)19-26(22)36/h4-11,14,16,19,21,37H,2-3,12-13,15,17-18,20H2,1H3,(H,31,32,33). The Bertz CT molecular complexity index is 1620. The zero-order chi connectivity index (χ0) is 27.9. The molecule has 0 radical (unpaired) electrons. The van der Waals surface area contributed by atoms with Crippen LogP contribution in [0.15, 0.2) is 71.9 Å². The maximum atomic E-state index is 13.8. The Hall–Kier alpha value is -3.38. The molecule has 0 bridgehead atoms. The molecule has 2 aliphatic rings. The van der Waals surface area contributed by atoms with Gasteiger partial charge in [-0.15, -0.1) is 0 Å². The molecule has 0 aliphatic carbocycles. The fourth-order valence-electron chi connectivity index (χ4n) is 5.74. The van der Waals surface area contributed by atoms with Gasteiger partial charge in [0.2, 0.25) is 16.0 Å². The summed E-state index contributed by atoms with van der Waals surface area (Å²) in [6.45, 7) is 4.36. The van der Waals surface area contributed by atoms with Crippen molar-refractivity contribution in [2.24, 2.45) is 0 Å². The number of nitrogens with one attached hydrogen (secondary N) is 1. The summed E-state index contributed by atoms with van der Waals surface area (Å²) in [4.78, 5) is 11.3. The second-order valence-electron chi connectivity index (χ2n) is 10.9. The lowest BCUT2D eigenvalue weighted by Gasteiger charge is -2.40. The zero-order valence-corrected chi connectivity index (χ0v) is 23.2. The summed E-state index contributed by atoms with van der Waals surface area (Å²) in [5.41, 5.74) is 0.474. The van der Waals surface area contributed by atoms with Gasteiger partial charge in [-0.25, -0.2) is 17.8 Å². The van der Waals surface area contributed by atoms with Gasteiger partial charge < -0.3 is 15.0 Å². The number of β-amino-alcohol motifs (C(OH)–C–C–N with tert-alkyl or cyclic N) is 1. The average Bonchev–Trinajstić information content (AvgIpc) is 3.54. The predicted octanol–water partition coefficient (Wildman–Crippen LogP) is 4.30. The number of aliphatic hydroxyl groups is 1. The molecule has 4 heterocycles. The molecule has 2 aliphatic heterocycles. The van der Waals surface area contributed by atoms with Crippen LogP contribution in [-0.4, -0.2) is 75.1 Å². The highest BCUT2D eigenvalue weighted by atomic mass is 32.2. The van der Waals surface area contributed by atoms with E-state index in [1.165, 1.54) is 16.4 Å². The van der Waals surface area contributed by atoms with Crippen LogP contribution in [0.2, 0.25) is 0 Å². The quantitative estimate of drug-likeness (QED) is 0.345. The minimum Gasteiger partial charge on any atom is -0.388 e. The van der Waals surface area contributed by atoms with E-state index in [4.69, 9.17) is 0 Å². The molecule has 2 aromatic carbocycles. The van der Waals surface area contributed by atoms with Gasteiger partial charge in [0.15, 0.2) is 0 Å². The lowest BCUT2D eigenvalue weighted by molar-refractivity contribution is -0.0342. The monoisotopic (exact) mass is 564 g/mol. The van der Waals surface area contributed by atoms with Crippen LogP contribution in [0.1, 0.15) is 32.6 Å². The normalized spacial score (nSPS) is 20.2. The van der Waals surface area contributed by atoms with Gasteiger partial charge in [-0.3, -0.25) is 4.90 Å². The van der Waals surface area contributed by atoms with Gasteiger partial charge in [-0.05, 0) is 93.7 Å². The van der Waals surface area contributed by atoms with Gasteiger partial charge in [0.25, 0.3) is 0 Å². The molecule has 2 fully saturated rings. The molecule has 2 aromatic heterocycles. The molecule has 11 heteroatoms. The molecular formula is C29H33FN6O3S. The summed E-state index contributed by atoms with van der Waals surface area (Å²) in [7, 11) is -3.68. The van der Waals surface area contributed by atoms with Crippen molar-refractivity contribution in [1.82, 2.24) is 23.7 Å². The molecule has 0 spiro atoms. The van der Waals surface area contributed by atoms with Gasteiger partial charge >= 0.3 is 0 Å². The van der Waals surface area contributed by atoms with E-state index >= 15 is 0 Å². The van der Waals surface area contributed by atoms with Crippen molar-refractivity contribution in [3.05, 3.63) is 72.8 Å². The molecule has 4 aromatic rings. The van der Waals surface area contributed by atoms with Gasteiger partial charge in [0.1, 0.15) is 11.6 Å². The molecule has 2 N–H and O–H groups in total. The van der Waals surface area contributed by atoms with Crippen molar-refractivity contribution in [3.8, 4) is 5.82 Å². The molecule has 6 rings (SSSR count). The van der Waals surface area contributed by atoms with E-state index in [2.05, 4.69) is 27.1 Å². The van der Waals surface area contributed by atoms with Crippen LogP contribution < -0.4 is 5.32 Å². The van der Waals surface area contributed by atoms with E-state index in [9.17, 15) is 17.9 Å². The first-order chi connectivity index (χ1) is 19.2. The Kier molecular flexibility index (Phi) is 7.07. The number of nitrogens with zero attached hydrogens (tertiary/aromatic N) is 5. The summed E-state index contributed by atoms with van der Waals surface area (Å²) >= 11 is 0. The molecule has 210 valence electrons. The lowest BCUT2D eigenvalue weighted by atomic mass is 9.91. The highest BCUT2D eigenvalue weighted by molar-refractivity contribution is 7.89. The molecule has 40 heavy (non-hydrogen) atoms. The average molecular weight is 565 g/mol. The number of benzene rings is 2. The first-order valence-electron chi connectivity index (χ1n) is 13.6. The molecule has 9 nitrogen and oxygen atoms in total. The largest absolute Gasteiger partial charge is 0.388 e. The van der Waals surface area contributed by atoms with Crippen LogP contribution in [0.3, 0.4) is 0 Å². The van der Waals surface area contributed by atoms with E-state index in [1.807, 2.05) is 12.3 Å². The fourth-order valence-corrected chi connectivity index (χ4v) is 7.18. The summed E-state index contributed by atoms with van der Waals surface area (Å²) in [5.74, 6) is 0.572. The predicted molar refractivity (Wildman–Crippen MR) is 152 cm³/mol. The number of hydrogen-bond donors (Lipinski definition) is 2. The number of sulfonamides is 1. The topological polar surface area (TPSA) is 104 Å². The molecule has 0 saturated carbocycles. The Balaban J connectivity index is 1.12. The molecule has 2 saturated heterocycles. The Morgan fingerprint density at radius 3 is 2.58 bits per heavy atom. The van der Waals surface area contributed by atoms with E-state index in [0.29, 0.717) is 61.5 Å². The van der Waals surface area contributed by atoms with Crippen molar-refractivity contribution in [3.63, 3.8) is 0 Å². The van der Waals surface area contributed by atoms with Crippen LogP contribution in [0.4, 0.5) is 16.0 Å². The number of hydrogen-bond acceptors (Lipinski definition) is 7. The van der Waals surface area contributed by atoms with Gasteiger partial charge in [0.05, 0.1) is 16.0 Å². The van der Waals surface area contributed by atoms with Crippen LogP contribution >= 0.6 is 0 Å². The fraction of sp³-hybridized carbons (Fsp3) is 0.379. The first-order valence-corrected chi connectivity index (χ1v) is 15.1. The van der Waals surface area contributed by atoms with E-state index in [0.717, 1.165) is 24.8 Å². The van der Waals surface area contributed by atoms with Crippen molar-refractivity contribution in [2.45, 2.75) is 49.1 Å². The third kappa shape index (κ3) is 5.34. The number of rotatable bonds is 7. The summed E-state index contributed by atoms with van der Waals surface area (Å²) < 4.78 is 43.7. The number of fused-ring (bicyclic) bond motifs is 1. The summed E-state index contributed by atoms with van der Waals surface area (Å²) in [6, 6.07) is 15.2. The number of likely N-dealkylation sites (tertiary alicyclic amines) is 1. The lowest BCUT2D eigenvalue weighted by Crippen LogP contribution is -2.52. The van der Waals surface area contributed by atoms with Crippen molar-refractivity contribution in [2.75, 3.05) is 31.5 Å². The van der Waals surface area contributed by atoms with Crippen molar-refractivity contribution >= 4 is 32.6 Å². The van der Waals surface area contributed by atoms with Crippen LogP contribution in [-0.2, 0) is 10.0 Å². The highest BCUT2D eigenvalue weighted by Crippen LogP contribution is 2.30. The van der Waals surface area contributed by atoms with Crippen molar-refractivity contribution < 1.29 is 17.9 Å². The van der Waals surface area contributed by atoms with E-state index in [-0.39, 0.29) is 10.7 Å². The maximum absolute atomic E-state index is 13.8. The third-order valence-electron chi connectivity index (χ3n) is 8.13. The maximum Gasteiger partial charge on any atom is 0.243 e. The van der Waals surface area contributed by atoms with Crippen molar-refractivity contribution in [1.29, 1.82) is 0 Å². The number of anilines is 2. The molecule has 1 atom stereocenters. The minimum atomic E-state index is -3.68. The second kappa shape index (κ2) is 10.5. The Labute approximate surface area is 233 Å². The van der Waals surface area contributed by atoms with Crippen LogP contribution in [0, 0.1) is 5.82 Å². The summed E-state index contributed by atoms with van der Waals surface area (Å²) in [5, 5.41) is 15.1. The van der Waals surface area contributed by atoms with Gasteiger partial charge in [0, 0.05) is 49.1 Å². The Morgan fingerprint density at radius 2 is 1.85 bits per heavy atom. The van der Waals surface area contributed by atoms with Gasteiger partial charge in [-0.1, -0.05) is 0 Å². The highest BCUT2D eigenvalue weighted by Gasteiger charge is 2.39. The van der Waals surface area contributed by atoms with Crippen LogP contribution in [0.25, 0.3) is 16.7 Å². The SMILES string of the molecule is CC1CCCN1CC1(O)CCN(S(=O)(=O)c2ccc(Nc3nccc(-n4ccc5ccc(F)cc54)n3)cc2)CC1. The van der Waals surface area contributed by atoms with Gasteiger partial charge in [-0.2, -0.15) is 9.29 Å². The number of aromatic nitrogens is 3. The number of halogens is 1. The number of piperidine rings is 1. The second-order valence-corrected chi connectivity index (χ2v) is 12.8. The van der Waals surface area contributed by atoms with Crippen LogP contribution in [0.5, 0.6) is 0 Å².